The Bertz CT molecular complexity index is 561. The smallest absolute Gasteiger partial charge is 0.274 e. The van der Waals surface area contributed by atoms with Crippen LogP contribution < -0.4 is 21.5 Å². The van der Waals surface area contributed by atoms with Gasteiger partial charge in [-0.1, -0.05) is 20.8 Å². The number of H-pyrrole nitrogens is 1. The van der Waals surface area contributed by atoms with Crippen molar-refractivity contribution in [1.29, 1.82) is 0 Å². The van der Waals surface area contributed by atoms with Gasteiger partial charge in [-0.3, -0.25) is 4.79 Å². The van der Waals surface area contributed by atoms with Crippen molar-refractivity contribution in [2.75, 3.05) is 37.6 Å². The van der Waals surface area contributed by atoms with Gasteiger partial charge in [-0.15, -0.1) is 0 Å². The average Bonchev–Trinajstić information content (AvgIpc) is 2.59. The summed E-state index contributed by atoms with van der Waals surface area (Å²) in [5, 5.41) is 3.47. The van der Waals surface area contributed by atoms with Crippen molar-refractivity contribution in [3.05, 3.63) is 22.4 Å². The molecule has 24 heavy (non-hydrogen) atoms. The van der Waals surface area contributed by atoms with Crippen LogP contribution in [0.1, 0.15) is 52.3 Å². The van der Waals surface area contributed by atoms with Crippen LogP contribution in [0.4, 0.5) is 5.69 Å². The lowest BCUT2D eigenvalue weighted by atomic mass is 9.89. The number of nitrogens with one attached hydrogen (secondary N) is 2. The van der Waals surface area contributed by atoms with E-state index in [1.165, 1.54) is 0 Å². The average molecular weight is 335 g/mol. The second kappa shape index (κ2) is 8.62. The summed E-state index contributed by atoms with van der Waals surface area (Å²) >= 11 is 0. The van der Waals surface area contributed by atoms with Crippen LogP contribution in [0.25, 0.3) is 0 Å². The Labute approximate surface area is 145 Å². The largest absolute Gasteiger partial charge is 0.366 e. The van der Waals surface area contributed by atoms with E-state index >= 15 is 0 Å². The molecule has 1 saturated heterocycles. The Balaban J connectivity index is 1.91. The number of anilines is 1. The summed E-state index contributed by atoms with van der Waals surface area (Å²) in [5.41, 5.74) is 6.10. The molecule has 0 aromatic carbocycles. The van der Waals surface area contributed by atoms with Gasteiger partial charge >= 0.3 is 0 Å². The molecular formula is C18H33N5O. The normalized spacial score (nSPS) is 16.6. The second-order valence-corrected chi connectivity index (χ2v) is 7.46. The van der Waals surface area contributed by atoms with Crippen molar-refractivity contribution in [3.63, 3.8) is 0 Å². The number of hydrogen-bond acceptors (Lipinski definition) is 5. The molecule has 0 aliphatic carbocycles. The minimum absolute atomic E-state index is 0.0129. The molecule has 0 bridgehead atoms. The lowest BCUT2D eigenvalue weighted by Crippen LogP contribution is -2.40. The summed E-state index contributed by atoms with van der Waals surface area (Å²) in [6, 6.07) is 0. The zero-order valence-electron chi connectivity index (χ0n) is 15.4. The van der Waals surface area contributed by atoms with Crippen LogP contribution in [0.5, 0.6) is 0 Å². The third kappa shape index (κ3) is 4.80. The predicted molar refractivity (Wildman–Crippen MR) is 99.7 cm³/mol. The van der Waals surface area contributed by atoms with E-state index in [2.05, 4.69) is 41.0 Å². The molecule has 1 aromatic heterocycles. The summed E-state index contributed by atoms with van der Waals surface area (Å²) in [5.74, 6) is 1.46. The topological polar surface area (TPSA) is 87.0 Å². The number of nitrogens with zero attached hydrogens (tertiary/aromatic N) is 2. The molecule has 2 heterocycles. The fraction of sp³-hybridized carbons (Fsp3) is 0.778. The molecule has 1 aliphatic heterocycles. The van der Waals surface area contributed by atoms with E-state index in [0.717, 1.165) is 64.2 Å². The summed E-state index contributed by atoms with van der Waals surface area (Å²) in [6.45, 7) is 10.9. The monoisotopic (exact) mass is 335 g/mol. The van der Waals surface area contributed by atoms with Crippen molar-refractivity contribution in [1.82, 2.24) is 15.3 Å². The van der Waals surface area contributed by atoms with E-state index in [9.17, 15) is 4.79 Å². The van der Waals surface area contributed by atoms with Crippen molar-refractivity contribution in [2.24, 2.45) is 11.7 Å². The van der Waals surface area contributed by atoms with Gasteiger partial charge in [0.1, 0.15) is 11.5 Å². The first-order valence-electron chi connectivity index (χ1n) is 9.23. The number of nitrogens with two attached hydrogens (primary N) is 1. The molecule has 6 heteroatoms. The highest BCUT2D eigenvalue weighted by molar-refractivity contribution is 5.42. The molecule has 1 aliphatic rings. The van der Waals surface area contributed by atoms with Gasteiger partial charge in [-0.25, -0.2) is 4.98 Å². The van der Waals surface area contributed by atoms with Crippen LogP contribution in [-0.4, -0.2) is 42.7 Å². The maximum atomic E-state index is 12.5. The molecule has 4 N–H and O–H groups in total. The molecule has 0 amide bonds. The summed E-state index contributed by atoms with van der Waals surface area (Å²) < 4.78 is 0. The Morgan fingerprint density at radius 1 is 1.42 bits per heavy atom. The highest BCUT2D eigenvalue weighted by Gasteiger charge is 2.24. The number of rotatable bonds is 8. The van der Waals surface area contributed by atoms with Gasteiger partial charge in [0.25, 0.3) is 5.56 Å². The van der Waals surface area contributed by atoms with E-state index in [1.54, 1.807) is 6.20 Å². The van der Waals surface area contributed by atoms with Crippen LogP contribution in [-0.2, 0) is 5.41 Å². The zero-order chi connectivity index (χ0) is 17.6. The molecule has 2 rings (SSSR count). The number of aromatic nitrogens is 2. The Hall–Kier alpha value is -1.40. The summed E-state index contributed by atoms with van der Waals surface area (Å²) in [6.07, 6.45) is 5.94. The van der Waals surface area contributed by atoms with E-state index in [4.69, 9.17) is 5.73 Å². The molecule has 136 valence electrons. The highest BCUT2D eigenvalue weighted by atomic mass is 16.1. The van der Waals surface area contributed by atoms with E-state index in [0.29, 0.717) is 11.6 Å². The van der Waals surface area contributed by atoms with Crippen LogP contribution in [0.15, 0.2) is 11.0 Å². The number of aromatic amines is 1. The van der Waals surface area contributed by atoms with Crippen molar-refractivity contribution < 1.29 is 0 Å². The van der Waals surface area contributed by atoms with E-state index in [-0.39, 0.29) is 11.0 Å². The van der Waals surface area contributed by atoms with Gasteiger partial charge in [0.2, 0.25) is 0 Å². The van der Waals surface area contributed by atoms with Crippen LogP contribution in [0.3, 0.4) is 0 Å². The zero-order valence-corrected chi connectivity index (χ0v) is 15.4. The van der Waals surface area contributed by atoms with Crippen molar-refractivity contribution in [2.45, 2.75) is 51.9 Å². The molecule has 1 fully saturated rings. The number of hydrogen-bond donors (Lipinski definition) is 3. The minimum Gasteiger partial charge on any atom is -0.366 e. The third-order valence-corrected chi connectivity index (χ3v) is 5.25. The molecule has 0 saturated carbocycles. The fourth-order valence-electron chi connectivity index (χ4n) is 3.04. The molecule has 1 aromatic rings. The standard InChI is InChI=1S/C18H33N5O/c1-4-18(2,3)17-21-13-15(16(24)22-17)23-10-6-14(7-11-23)12-20-9-5-8-19/h13-14,20H,4-12,19H2,1-3H3,(H,21,22,24). The van der Waals surface area contributed by atoms with Gasteiger partial charge in [-0.2, -0.15) is 0 Å². The van der Waals surface area contributed by atoms with Crippen molar-refractivity contribution >= 4 is 5.69 Å². The van der Waals surface area contributed by atoms with E-state index in [1.807, 2.05) is 0 Å². The Morgan fingerprint density at radius 3 is 2.71 bits per heavy atom. The van der Waals surface area contributed by atoms with Gasteiger partial charge < -0.3 is 20.9 Å². The SMILES string of the molecule is CCC(C)(C)c1ncc(N2CCC(CNCCCN)CC2)c(=O)[nH]1. The quantitative estimate of drug-likeness (QED) is 0.628. The maximum Gasteiger partial charge on any atom is 0.274 e. The first-order valence-corrected chi connectivity index (χ1v) is 9.23. The van der Waals surface area contributed by atoms with E-state index < -0.39 is 0 Å². The molecule has 0 atom stereocenters. The fourth-order valence-corrected chi connectivity index (χ4v) is 3.04. The predicted octanol–water partition coefficient (Wildman–Crippen LogP) is 1.61. The Morgan fingerprint density at radius 2 is 2.12 bits per heavy atom. The molecule has 0 spiro atoms. The minimum atomic E-state index is -0.0973. The lowest BCUT2D eigenvalue weighted by Gasteiger charge is -2.33. The first-order chi connectivity index (χ1) is 11.5. The second-order valence-electron chi connectivity index (χ2n) is 7.46. The summed E-state index contributed by atoms with van der Waals surface area (Å²) in [7, 11) is 0. The van der Waals surface area contributed by atoms with Crippen LogP contribution >= 0.6 is 0 Å². The molecule has 0 unspecified atom stereocenters. The molecular weight excluding hydrogens is 302 g/mol. The Kier molecular flexibility index (Phi) is 6.80. The van der Waals surface area contributed by atoms with Gasteiger partial charge in [0, 0.05) is 18.5 Å². The maximum absolute atomic E-state index is 12.5. The van der Waals surface area contributed by atoms with Crippen LogP contribution in [0.2, 0.25) is 0 Å². The van der Waals surface area contributed by atoms with Gasteiger partial charge in [0.05, 0.1) is 6.20 Å². The van der Waals surface area contributed by atoms with Crippen molar-refractivity contribution in [3.8, 4) is 0 Å². The highest BCUT2D eigenvalue weighted by Crippen LogP contribution is 2.24. The molecule has 6 nitrogen and oxygen atoms in total. The number of piperidine rings is 1. The van der Waals surface area contributed by atoms with Crippen LogP contribution in [0, 0.1) is 5.92 Å². The van der Waals surface area contributed by atoms with Gasteiger partial charge in [0.15, 0.2) is 0 Å². The first kappa shape index (κ1) is 18.9. The molecule has 0 radical (unpaired) electrons. The third-order valence-electron chi connectivity index (χ3n) is 5.25. The van der Waals surface area contributed by atoms with Gasteiger partial charge in [-0.05, 0) is 51.2 Å². The summed E-state index contributed by atoms with van der Waals surface area (Å²) in [4.78, 5) is 22.2. The lowest BCUT2D eigenvalue weighted by molar-refractivity contribution is 0.382.